The van der Waals surface area contributed by atoms with Crippen molar-refractivity contribution in [1.29, 1.82) is 0 Å². The molecule has 1 unspecified atom stereocenters. The van der Waals surface area contributed by atoms with Crippen molar-refractivity contribution in [3.8, 4) is 11.5 Å². The van der Waals surface area contributed by atoms with Crippen molar-refractivity contribution in [2.24, 2.45) is 11.8 Å². The highest BCUT2D eigenvalue weighted by atomic mass is 19.1. The highest BCUT2D eigenvalue weighted by molar-refractivity contribution is 6.24. The standard InChI is InChI=1S/C49H57FN4O12/c1-32(33-5-7-34(8-6-33)38-17-18-51-41-14-9-35(50)31-40(38)41)46(56)52-36-10-12-37(13-11-36)65-29-27-63-25-23-61-21-19-60-20-22-62-24-26-64-28-30-66-43-4-2-3-39-45(43)49(59)54(48(39)58)42-15-16-44(55)53-47(42)57/h2-4,9-14,17-18,31-34,42H,5-8,15-16,19-30H2,1H3,(H,52,56)(H,53,55,57)/t32-,33?,34?,42?/m1/s1. The van der Waals surface area contributed by atoms with Gasteiger partial charge in [0.1, 0.15) is 36.6 Å². The van der Waals surface area contributed by atoms with E-state index in [2.05, 4.69) is 15.6 Å². The van der Waals surface area contributed by atoms with Crippen LogP contribution in [-0.4, -0.2) is 125 Å². The monoisotopic (exact) mass is 912 g/mol. The number of hydrogen-bond acceptors (Lipinski definition) is 13. The lowest BCUT2D eigenvalue weighted by Gasteiger charge is -2.32. The molecule has 17 heteroatoms. The van der Waals surface area contributed by atoms with Gasteiger partial charge in [-0.2, -0.15) is 0 Å². The minimum Gasteiger partial charge on any atom is -0.491 e. The van der Waals surface area contributed by atoms with Crippen molar-refractivity contribution >= 4 is 46.1 Å². The van der Waals surface area contributed by atoms with Crippen LogP contribution in [0.4, 0.5) is 10.1 Å². The fourth-order valence-corrected chi connectivity index (χ4v) is 8.55. The molecule has 3 aliphatic rings. The van der Waals surface area contributed by atoms with Gasteiger partial charge in [0, 0.05) is 29.6 Å². The summed E-state index contributed by atoms with van der Waals surface area (Å²) in [6.07, 6.45) is 5.69. The number of amides is 5. The summed E-state index contributed by atoms with van der Waals surface area (Å²) in [6.45, 7) is 6.20. The highest BCUT2D eigenvalue weighted by Gasteiger charge is 2.46. The summed E-state index contributed by atoms with van der Waals surface area (Å²) in [7, 11) is 0. The minimum atomic E-state index is -1.05. The highest BCUT2D eigenvalue weighted by Crippen LogP contribution is 2.41. The Kier molecular flexibility index (Phi) is 17.5. The molecule has 3 aromatic carbocycles. The zero-order valence-corrected chi connectivity index (χ0v) is 37.1. The molecule has 2 N–H and O–H groups in total. The Labute approximate surface area is 382 Å². The maximum absolute atomic E-state index is 14.0. The zero-order valence-electron chi connectivity index (χ0n) is 37.1. The number of pyridine rings is 1. The first-order valence-corrected chi connectivity index (χ1v) is 22.6. The molecule has 0 spiro atoms. The number of anilines is 1. The summed E-state index contributed by atoms with van der Waals surface area (Å²) >= 11 is 0. The Hall–Kier alpha value is -5.85. The largest absolute Gasteiger partial charge is 0.491 e. The van der Waals surface area contributed by atoms with E-state index >= 15 is 0 Å². The molecule has 1 aromatic heterocycles. The van der Waals surface area contributed by atoms with Crippen LogP contribution in [0.2, 0.25) is 0 Å². The molecule has 5 amide bonds. The average molecular weight is 913 g/mol. The first kappa shape index (κ1) is 48.1. The summed E-state index contributed by atoms with van der Waals surface area (Å²) in [5.41, 5.74) is 2.91. The number of carbonyl (C=O) groups is 5. The number of imide groups is 2. The molecular weight excluding hydrogens is 856 g/mol. The third kappa shape index (κ3) is 12.7. The van der Waals surface area contributed by atoms with Gasteiger partial charge in [0.2, 0.25) is 17.7 Å². The summed E-state index contributed by atoms with van der Waals surface area (Å²) in [4.78, 5) is 68.4. The Morgan fingerprint density at radius 3 is 2.00 bits per heavy atom. The van der Waals surface area contributed by atoms with Gasteiger partial charge in [-0.3, -0.25) is 39.2 Å². The number of hydrogen-bond donors (Lipinski definition) is 2. The molecule has 0 radical (unpaired) electrons. The number of carbonyl (C=O) groups excluding carboxylic acids is 5. The lowest BCUT2D eigenvalue weighted by atomic mass is 9.73. The smallest absolute Gasteiger partial charge is 0.266 e. The van der Waals surface area contributed by atoms with Crippen LogP contribution in [0.1, 0.15) is 77.6 Å². The fourth-order valence-electron chi connectivity index (χ4n) is 8.55. The van der Waals surface area contributed by atoms with E-state index in [-0.39, 0.29) is 66.5 Å². The van der Waals surface area contributed by atoms with Crippen molar-refractivity contribution < 1.29 is 61.5 Å². The number of nitrogens with one attached hydrogen (secondary N) is 2. The lowest BCUT2D eigenvalue weighted by Crippen LogP contribution is -2.54. The van der Waals surface area contributed by atoms with E-state index in [9.17, 15) is 28.4 Å². The minimum absolute atomic E-state index is 0.0000724. The SMILES string of the molecule is C[C@@H](C(=O)Nc1ccc(OCCOCCOCCOCCOCCOCCOc2cccc3c2C(=O)N(C2CCC(=O)NC2=O)C3=O)cc1)C1CCC(c2ccnc3ccc(F)cc23)CC1. The molecular formula is C49H57FN4O12. The Morgan fingerprint density at radius 1 is 0.742 bits per heavy atom. The predicted molar refractivity (Wildman–Crippen MR) is 239 cm³/mol. The third-order valence-electron chi connectivity index (χ3n) is 12.1. The topological polar surface area (TPSA) is 190 Å². The quantitative estimate of drug-likeness (QED) is 0.0595. The molecule has 352 valence electrons. The molecule has 7 rings (SSSR count). The molecule has 66 heavy (non-hydrogen) atoms. The predicted octanol–water partition coefficient (Wildman–Crippen LogP) is 5.86. The first-order chi connectivity index (χ1) is 32.2. The third-order valence-corrected chi connectivity index (χ3v) is 12.1. The zero-order chi connectivity index (χ0) is 46.3. The number of aromatic nitrogens is 1. The van der Waals surface area contributed by atoms with Gasteiger partial charge < -0.3 is 38.5 Å². The average Bonchev–Trinajstić information content (AvgIpc) is 3.58. The van der Waals surface area contributed by atoms with Crippen LogP contribution in [-0.2, 0) is 38.1 Å². The molecule has 1 saturated heterocycles. The molecule has 2 atom stereocenters. The van der Waals surface area contributed by atoms with E-state index in [0.29, 0.717) is 83.4 Å². The van der Waals surface area contributed by atoms with E-state index in [0.717, 1.165) is 47.0 Å². The molecule has 1 aliphatic carbocycles. The molecule has 2 fully saturated rings. The van der Waals surface area contributed by atoms with Gasteiger partial charge in [-0.05, 0) is 110 Å². The summed E-state index contributed by atoms with van der Waals surface area (Å²) in [5.74, 6) is -1.22. The number of ether oxygens (including phenoxy) is 7. The van der Waals surface area contributed by atoms with Gasteiger partial charge in [0.15, 0.2) is 0 Å². The van der Waals surface area contributed by atoms with Crippen molar-refractivity contribution in [2.45, 2.75) is 57.4 Å². The molecule has 4 aromatic rings. The second-order valence-corrected chi connectivity index (χ2v) is 16.4. The van der Waals surface area contributed by atoms with Crippen molar-refractivity contribution in [3.63, 3.8) is 0 Å². The van der Waals surface area contributed by atoms with E-state index in [1.54, 1.807) is 30.5 Å². The second kappa shape index (κ2) is 24.1. The number of halogens is 1. The van der Waals surface area contributed by atoms with Crippen molar-refractivity contribution in [3.05, 3.63) is 95.4 Å². The first-order valence-electron chi connectivity index (χ1n) is 22.6. The number of fused-ring (bicyclic) bond motifs is 2. The second-order valence-electron chi connectivity index (χ2n) is 16.4. The van der Waals surface area contributed by atoms with E-state index in [1.807, 2.05) is 37.3 Å². The number of nitrogens with zero attached hydrogens (tertiary/aromatic N) is 2. The molecule has 3 heterocycles. The van der Waals surface area contributed by atoms with Crippen molar-refractivity contribution in [1.82, 2.24) is 15.2 Å². The van der Waals surface area contributed by atoms with Crippen molar-refractivity contribution in [2.75, 3.05) is 84.6 Å². The summed E-state index contributed by atoms with van der Waals surface area (Å²) < 4.78 is 53.3. The number of rotatable bonds is 25. The van der Waals surface area contributed by atoms with Gasteiger partial charge >= 0.3 is 0 Å². The normalized spacial score (nSPS) is 18.9. The van der Waals surface area contributed by atoms with Crippen LogP contribution >= 0.6 is 0 Å². The van der Waals surface area contributed by atoms with Gasteiger partial charge in [0.05, 0.1) is 82.7 Å². The van der Waals surface area contributed by atoms with Crippen LogP contribution in [0.25, 0.3) is 10.9 Å². The van der Waals surface area contributed by atoms with Gasteiger partial charge in [0.25, 0.3) is 11.8 Å². The Morgan fingerprint density at radius 2 is 1.36 bits per heavy atom. The van der Waals surface area contributed by atoms with Crippen LogP contribution < -0.4 is 20.1 Å². The van der Waals surface area contributed by atoms with E-state index < -0.39 is 29.7 Å². The Bertz CT molecular complexity index is 2300. The summed E-state index contributed by atoms with van der Waals surface area (Å²) in [5, 5.41) is 6.12. The Balaban J connectivity index is 0.649. The van der Waals surface area contributed by atoms with Gasteiger partial charge in [-0.1, -0.05) is 13.0 Å². The van der Waals surface area contributed by atoms with E-state index in [4.69, 9.17) is 33.2 Å². The molecule has 2 aliphatic heterocycles. The van der Waals surface area contributed by atoms with Crippen LogP contribution in [0.3, 0.4) is 0 Å². The number of benzene rings is 3. The van der Waals surface area contributed by atoms with Gasteiger partial charge in [-0.15, -0.1) is 0 Å². The molecule has 16 nitrogen and oxygen atoms in total. The maximum Gasteiger partial charge on any atom is 0.266 e. The maximum atomic E-state index is 14.0. The molecule has 0 bridgehead atoms. The van der Waals surface area contributed by atoms with Gasteiger partial charge in [-0.25, -0.2) is 4.39 Å². The fraction of sp³-hybridized carbons (Fsp3) is 0.469. The molecule has 1 saturated carbocycles. The van der Waals surface area contributed by atoms with Crippen LogP contribution in [0, 0.1) is 17.7 Å². The number of piperidine rings is 1. The van der Waals surface area contributed by atoms with Crippen LogP contribution in [0.5, 0.6) is 11.5 Å². The van der Waals surface area contributed by atoms with E-state index in [1.165, 1.54) is 12.1 Å². The lowest BCUT2D eigenvalue weighted by molar-refractivity contribution is -0.136. The van der Waals surface area contributed by atoms with Crippen LogP contribution in [0.15, 0.2) is 72.9 Å². The summed E-state index contributed by atoms with van der Waals surface area (Å²) in [6, 6.07) is 17.7.